The van der Waals surface area contributed by atoms with Crippen LogP contribution in [-0.4, -0.2) is 39.4 Å². The van der Waals surface area contributed by atoms with E-state index in [1.54, 1.807) is 10.9 Å². The summed E-state index contributed by atoms with van der Waals surface area (Å²) in [7, 11) is 5.88. The number of rotatable bonds is 3. The molecule has 0 spiro atoms. The van der Waals surface area contributed by atoms with Crippen LogP contribution in [0.5, 0.6) is 0 Å². The van der Waals surface area contributed by atoms with E-state index in [1.807, 2.05) is 21.1 Å². The molecule has 1 unspecified atom stereocenters. The van der Waals surface area contributed by atoms with Crippen molar-refractivity contribution in [2.75, 3.05) is 14.1 Å². The first-order valence-electron chi connectivity index (χ1n) is 6.02. The summed E-state index contributed by atoms with van der Waals surface area (Å²) in [6.07, 6.45) is 5.33. The van der Waals surface area contributed by atoms with Gasteiger partial charge in [-0.15, -0.1) is 0 Å². The quantitative estimate of drug-likeness (QED) is 0.900. The van der Waals surface area contributed by atoms with Gasteiger partial charge in [0.1, 0.15) is 6.10 Å². The lowest BCUT2D eigenvalue weighted by Crippen LogP contribution is -2.47. The number of hydrogen-bond acceptors (Lipinski definition) is 3. The summed E-state index contributed by atoms with van der Waals surface area (Å²) < 4.78 is 1.68. The Morgan fingerprint density at radius 2 is 2.06 bits per heavy atom. The number of aliphatic hydroxyl groups is 1. The van der Waals surface area contributed by atoms with Gasteiger partial charge in [-0.25, -0.2) is 0 Å². The molecule has 1 aromatic rings. The highest BCUT2D eigenvalue weighted by molar-refractivity contribution is 6.31. The third kappa shape index (κ3) is 1.98. The van der Waals surface area contributed by atoms with E-state index >= 15 is 0 Å². The lowest BCUT2D eigenvalue weighted by atomic mass is 9.87. The molecule has 96 valence electrons. The van der Waals surface area contributed by atoms with Crippen LogP contribution in [0.2, 0.25) is 5.02 Å². The van der Waals surface area contributed by atoms with Crippen molar-refractivity contribution >= 4 is 11.6 Å². The Morgan fingerprint density at radius 1 is 1.47 bits per heavy atom. The minimum absolute atomic E-state index is 0.197. The van der Waals surface area contributed by atoms with Gasteiger partial charge >= 0.3 is 0 Å². The van der Waals surface area contributed by atoms with E-state index in [9.17, 15) is 5.11 Å². The van der Waals surface area contributed by atoms with Gasteiger partial charge in [0.15, 0.2) is 0 Å². The molecule has 5 heteroatoms. The van der Waals surface area contributed by atoms with Crippen LogP contribution in [0, 0.1) is 0 Å². The van der Waals surface area contributed by atoms with Crippen molar-refractivity contribution in [3.8, 4) is 0 Å². The Morgan fingerprint density at radius 3 is 2.47 bits per heavy atom. The van der Waals surface area contributed by atoms with E-state index in [-0.39, 0.29) is 5.54 Å². The highest BCUT2D eigenvalue weighted by Gasteiger charge is 2.45. The maximum absolute atomic E-state index is 10.7. The summed E-state index contributed by atoms with van der Waals surface area (Å²) in [6, 6.07) is 0. The van der Waals surface area contributed by atoms with E-state index in [0.717, 1.165) is 31.4 Å². The fourth-order valence-electron chi connectivity index (χ4n) is 2.93. The minimum atomic E-state index is -0.583. The van der Waals surface area contributed by atoms with Gasteiger partial charge in [0, 0.05) is 7.05 Å². The maximum Gasteiger partial charge on any atom is 0.115 e. The molecular weight excluding hydrogens is 238 g/mol. The van der Waals surface area contributed by atoms with E-state index in [4.69, 9.17) is 11.6 Å². The third-order valence-electron chi connectivity index (χ3n) is 4.07. The first-order chi connectivity index (χ1) is 7.99. The third-order valence-corrected chi connectivity index (χ3v) is 4.36. The first-order valence-corrected chi connectivity index (χ1v) is 6.40. The summed E-state index contributed by atoms with van der Waals surface area (Å²) in [4.78, 5) is 2.13. The zero-order valence-corrected chi connectivity index (χ0v) is 11.4. The zero-order valence-electron chi connectivity index (χ0n) is 10.6. The molecule has 1 N–H and O–H groups in total. The second-order valence-corrected chi connectivity index (χ2v) is 5.52. The van der Waals surface area contributed by atoms with Crippen LogP contribution in [0.25, 0.3) is 0 Å². The SMILES string of the molecule is CN(C)C1(C(O)c2c(Cl)cnn2C)CCCC1. The molecule has 17 heavy (non-hydrogen) atoms. The molecule has 1 saturated carbocycles. The number of nitrogens with zero attached hydrogens (tertiary/aromatic N) is 3. The summed E-state index contributed by atoms with van der Waals surface area (Å²) in [5, 5.41) is 15.4. The molecule has 4 nitrogen and oxygen atoms in total. The van der Waals surface area contributed by atoms with Crippen LogP contribution in [0.1, 0.15) is 37.5 Å². The van der Waals surface area contributed by atoms with Gasteiger partial charge in [-0.1, -0.05) is 24.4 Å². The molecule has 1 atom stereocenters. The molecule has 1 aliphatic rings. The van der Waals surface area contributed by atoms with E-state index in [1.165, 1.54) is 0 Å². The van der Waals surface area contributed by atoms with Crippen molar-refractivity contribution in [1.29, 1.82) is 0 Å². The second-order valence-electron chi connectivity index (χ2n) is 5.11. The molecule has 2 rings (SSSR count). The Bertz CT molecular complexity index is 377. The average molecular weight is 258 g/mol. The minimum Gasteiger partial charge on any atom is -0.385 e. The lowest BCUT2D eigenvalue weighted by molar-refractivity contribution is -0.00932. The van der Waals surface area contributed by atoms with Crippen LogP contribution in [0.15, 0.2) is 6.20 Å². The molecule has 1 fully saturated rings. The van der Waals surface area contributed by atoms with Crippen molar-refractivity contribution in [3.05, 3.63) is 16.9 Å². The molecular formula is C12H20ClN3O. The largest absolute Gasteiger partial charge is 0.385 e. The van der Waals surface area contributed by atoms with Gasteiger partial charge in [0.2, 0.25) is 0 Å². The van der Waals surface area contributed by atoms with Crippen LogP contribution >= 0.6 is 11.6 Å². The molecule has 1 aliphatic carbocycles. The average Bonchev–Trinajstić information content (AvgIpc) is 2.86. The van der Waals surface area contributed by atoms with Crippen molar-refractivity contribution in [3.63, 3.8) is 0 Å². The van der Waals surface area contributed by atoms with Crippen molar-refractivity contribution in [2.45, 2.75) is 37.3 Å². The van der Waals surface area contributed by atoms with Crippen LogP contribution < -0.4 is 0 Å². The monoisotopic (exact) mass is 257 g/mol. The Hall–Kier alpha value is -0.580. The fraction of sp³-hybridized carbons (Fsp3) is 0.750. The number of halogens is 1. The molecule has 0 radical (unpaired) electrons. The standard InChI is InChI=1S/C12H20ClN3O/c1-15(2)12(6-4-5-7-12)11(17)10-9(13)8-14-16(10)3/h8,11,17H,4-7H2,1-3H3. The highest BCUT2D eigenvalue weighted by atomic mass is 35.5. The Labute approximate surface area is 107 Å². The predicted molar refractivity (Wildman–Crippen MR) is 68.1 cm³/mol. The zero-order chi connectivity index (χ0) is 12.6. The van der Waals surface area contributed by atoms with Gasteiger partial charge in [0.25, 0.3) is 0 Å². The van der Waals surface area contributed by atoms with Gasteiger partial charge in [0.05, 0.1) is 22.5 Å². The number of likely N-dealkylation sites (N-methyl/N-ethyl adjacent to an activating group) is 1. The second kappa shape index (κ2) is 4.59. The van der Waals surface area contributed by atoms with E-state index in [0.29, 0.717) is 5.02 Å². The van der Waals surface area contributed by atoms with Gasteiger partial charge in [-0.05, 0) is 26.9 Å². The highest BCUT2D eigenvalue weighted by Crippen LogP contribution is 2.44. The summed E-state index contributed by atoms with van der Waals surface area (Å²) >= 11 is 6.12. The Balaban J connectivity index is 2.38. The van der Waals surface area contributed by atoms with Crippen molar-refractivity contribution in [1.82, 2.24) is 14.7 Å². The molecule has 1 heterocycles. The fourth-order valence-corrected chi connectivity index (χ4v) is 3.20. The number of aliphatic hydroxyl groups excluding tert-OH is 1. The molecule has 0 bridgehead atoms. The lowest BCUT2D eigenvalue weighted by Gasteiger charge is -2.40. The van der Waals surface area contributed by atoms with Crippen LogP contribution in [-0.2, 0) is 7.05 Å². The van der Waals surface area contributed by atoms with Crippen LogP contribution in [0.3, 0.4) is 0 Å². The van der Waals surface area contributed by atoms with Gasteiger partial charge in [-0.2, -0.15) is 5.10 Å². The maximum atomic E-state index is 10.7. The van der Waals surface area contributed by atoms with E-state index < -0.39 is 6.10 Å². The molecule has 1 aromatic heterocycles. The Kier molecular flexibility index (Phi) is 3.48. The number of hydrogen-bond donors (Lipinski definition) is 1. The molecule has 0 aliphatic heterocycles. The summed E-state index contributed by atoms with van der Waals surface area (Å²) in [5.74, 6) is 0. The number of aromatic nitrogens is 2. The van der Waals surface area contributed by atoms with Crippen molar-refractivity contribution < 1.29 is 5.11 Å². The van der Waals surface area contributed by atoms with E-state index in [2.05, 4.69) is 10.00 Å². The first kappa shape index (κ1) is 12.9. The summed E-state index contributed by atoms with van der Waals surface area (Å²) in [6.45, 7) is 0. The normalized spacial score (nSPS) is 21.1. The smallest absolute Gasteiger partial charge is 0.115 e. The summed E-state index contributed by atoms with van der Waals surface area (Å²) in [5.41, 5.74) is 0.527. The molecule has 0 saturated heterocycles. The van der Waals surface area contributed by atoms with Gasteiger partial charge < -0.3 is 10.0 Å². The number of aryl methyl sites for hydroxylation is 1. The van der Waals surface area contributed by atoms with Gasteiger partial charge in [-0.3, -0.25) is 4.68 Å². The van der Waals surface area contributed by atoms with Crippen molar-refractivity contribution in [2.24, 2.45) is 7.05 Å². The molecule has 0 amide bonds. The van der Waals surface area contributed by atoms with Crippen LogP contribution in [0.4, 0.5) is 0 Å². The topological polar surface area (TPSA) is 41.3 Å². The predicted octanol–water partition coefficient (Wildman–Crippen LogP) is 1.98. The molecule has 0 aromatic carbocycles.